The molecule has 0 atom stereocenters. The highest BCUT2D eigenvalue weighted by molar-refractivity contribution is 14.1. The number of hydrogen-bond donors (Lipinski definition) is 2. The molecule has 1 aliphatic rings. The fourth-order valence-corrected chi connectivity index (χ4v) is 3.30. The van der Waals surface area contributed by atoms with Gasteiger partial charge in [-0.25, -0.2) is 0 Å². The second-order valence-electron chi connectivity index (χ2n) is 5.51. The van der Waals surface area contributed by atoms with E-state index in [0.717, 1.165) is 34.9 Å². The van der Waals surface area contributed by atoms with Crippen LogP contribution in [0.1, 0.15) is 38.5 Å². The van der Waals surface area contributed by atoms with Gasteiger partial charge in [0.2, 0.25) is 5.91 Å². The first-order valence-corrected chi connectivity index (χ1v) is 7.84. The Kier molecular flexibility index (Phi) is 5.01. The second-order valence-corrected chi connectivity index (χ2v) is 6.76. The van der Waals surface area contributed by atoms with Crippen molar-refractivity contribution in [1.29, 1.82) is 0 Å². The summed E-state index contributed by atoms with van der Waals surface area (Å²) in [5.41, 5.74) is 0.415. The van der Waals surface area contributed by atoms with Gasteiger partial charge in [0, 0.05) is 15.7 Å². The number of halogens is 1. The van der Waals surface area contributed by atoms with E-state index in [4.69, 9.17) is 5.11 Å². The van der Waals surface area contributed by atoms with E-state index in [1.165, 1.54) is 0 Å². The summed E-state index contributed by atoms with van der Waals surface area (Å²) in [6.07, 6.45) is 4.09. The first-order chi connectivity index (χ1) is 9.49. The summed E-state index contributed by atoms with van der Waals surface area (Å²) in [4.78, 5) is 23.1. The van der Waals surface area contributed by atoms with Gasteiger partial charge in [0.1, 0.15) is 0 Å². The summed E-state index contributed by atoms with van der Waals surface area (Å²) in [6, 6.07) is 7.58. The van der Waals surface area contributed by atoms with Gasteiger partial charge in [-0.05, 0) is 65.1 Å². The van der Waals surface area contributed by atoms with Gasteiger partial charge < -0.3 is 10.4 Å². The monoisotopic (exact) mass is 387 g/mol. The van der Waals surface area contributed by atoms with Gasteiger partial charge in [0.25, 0.3) is 0 Å². The number of amides is 1. The van der Waals surface area contributed by atoms with Gasteiger partial charge in [0.05, 0.1) is 6.42 Å². The highest BCUT2D eigenvalue weighted by atomic mass is 127. The van der Waals surface area contributed by atoms with E-state index in [1.54, 1.807) is 0 Å². The second kappa shape index (κ2) is 6.56. The number of carbonyl (C=O) groups is 2. The summed E-state index contributed by atoms with van der Waals surface area (Å²) in [5.74, 6) is -0.900. The molecule has 1 aromatic carbocycles. The Morgan fingerprint density at radius 1 is 1.15 bits per heavy atom. The predicted molar refractivity (Wildman–Crippen MR) is 85.6 cm³/mol. The minimum Gasteiger partial charge on any atom is -0.481 e. The molecule has 108 valence electrons. The molecular formula is C15H18INO3. The van der Waals surface area contributed by atoms with E-state index in [-0.39, 0.29) is 17.7 Å². The summed E-state index contributed by atoms with van der Waals surface area (Å²) in [6.45, 7) is 0. The Balaban J connectivity index is 1.98. The van der Waals surface area contributed by atoms with Crippen LogP contribution in [-0.4, -0.2) is 17.0 Å². The van der Waals surface area contributed by atoms with Crippen molar-refractivity contribution in [3.8, 4) is 0 Å². The molecule has 4 nitrogen and oxygen atoms in total. The van der Waals surface area contributed by atoms with E-state index in [0.29, 0.717) is 6.42 Å². The maximum atomic E-state index is 12.1. The molecule has 1 fully saturated rings. The lowest BCUT2D eigenvalue weighted by Gasteiger charge is -2.26. The predicted octanol–water partition coefficient (Wildman–Crippen LogP) is 3.65. The van der Waals surface area contributed by atoms with Crippen LogP contribution in [0.25, 0.3) is 0 Å². The largest absolute Gasteiger partial charge is 0.481 e. The molecule has 2 rings (SSSR count). The average Bonchev–Trinajstić information content (AvgIpc) is 2.79. The Bertz CT molecular complexity index is 492. The smallest absolute Gasteiger partial charge is 0.303 e. The summed E-state index contributed by atoms with van der Waals surface area (Å²) >= 11 is 2.21. The highest BCUT2D eigenvalue weighted by Crippen LogP contribution is 2.44. The van der Waals surface area contributed by atoms with Crippen molar-refractivity contribution in [1.82, 2.24) is 0 Å². The van der Waals surface area contributed by atoms with Crippen LogP contribution in [-0.2, 0) is 9.59 Å². The van der Waals surface area contributed by atoms with Crippen LogP contribution in [0.4, 0.5) is 5.69 Å². The van der Waals surface area contributed by atoms with Crippen molar-refractivity contribution in [2.24, 2.45) is 5.41 Å². The molecule has 0 aromatic heterocycles. The van der Waals surface area contributed by atoms with E-state index < -0.39 is 5.97 Å². The van der Waals surface area contributed by atoms with Crippen LogP contribution >= 0.6 is 22.6 Å². The highest BCUT2D eigenvalue weighted by Gasteiger charge is 2.37. The van der Waals surface area contributed by atoms with E-state index >= 15 is 0 Å². The number of benzene rings is 1. The summed E-state index contributed by atoms with van der Waals surface area (Å²) < 4.78 is 1.11. The molecule has 0 radical (unpaired) electrons. The molecule has 0 bridgehead atoms. The molecule has 5 heteroatoms. The number of carbonyl (C=O) groups excluding carboxylic acids is 1. The third-order valence-electron chi connectivity index (χ3n) is 3.85. The first kappa shape index (κ1) is 15.3. The standard InChI is InChI=1S/C15H18INO3/c16-11-3-5-12(6-4-11)17-13(18)9-15(10-14(19)20)7-1-2-8-15/h3-6H,1-2,7-10H2,(H,17,18)(H,19,20). The normalized spacial score (nSPS) is 16.9. The lowest BCUT2D eigenvalue weighted by Crippen LogP contribution is -2.27. The van der Waals surface area contributed by atoms with Crippen molar-refractivity contribution in [2.75, 3.05) is 5.32 Å². The number of nitrogens with one attached hydrogen (secondary N) is 1. The molecule has 1 amide bonds. The van der Waals surface area contributed by atoms with Crippen LogP contribution in [0.5, 0.6) is 0 Å². The van der Waals surface area contributed by atoms with Gasteiger partial charge in [-0.15, -0.1) is 0 Å². The Morgan fingerprint density at radius 2 is 1.75 bits per heavy atom. The maximum Gasteiger partial charge on any atom is 0.303 e. The van der Waals surface area contributed by atoms with Crippen molar-refractivity contribution < 1.29 is 14.7 Å². The fourth-order valence-electron chi connectivity index (χ4n) is 2.94. The fraction of sp³-hybridized carbons (Fsp3) is 0.467. The van der Waals surface area contributed by atoms with Crippen LogP contribution in [0, 0.1) is 8.99 Å². The van der Waals surface area contributed by atoms with Crippen LogP contribution < -0.4 is 5.32 Å². The first-order valence-electron chi connectivity index (χ1n) is 6.76. The van der Waals surface area contributed by atoms with E-state index in [1.807, 2.05) is 24.3 Å². The molecule has 0 heterocycles. The third kappa shape index (κ3) is 4.19. The third-order valence-corrected chi connectivity index (χ3v) is 4.57. The van der Waals surface area contributed by atoms with Crippen molar-refractivity contribution >= 4 is 40.2 Å². The molecular weight excluding hydrogens is 369 g/mol. The lowest BCUT2D eigenvalue weighted by atomic mass is 9.79. The molecule has 0 aliphatic heterocycles. The van der Waals surface area contributed by atoms with Gasteiger partial charge in [-0.3, -0.25) is 9.59 Å². The molecule has 2 N–H and O–H groups in total. The zero-order valence-electron chi connectivity index (χ0n) is 11.2. The molecule has 20 heavy (non-hydrogen) atoms. The minimum atomic E-state index is -0.811. The number of carboxylic acids is 1. The Labute approximate surface area is 132 Å². The Hall–Kier alpha value is -1.11. The lowest BCUT2D eigenvalue weighted by molar-refractivity contribution is -0.140. The van der Waals surface area contributed by atoms with E-state index in [9.17, 15) is 9.59 Å². The van der Waals surface area contributed by atoms with Crippen molar-refractivity contribution in [3.05, 3.63) is 27.8 Å². The number of rotatable bonds is 5. The minimum absolute atomic E-state index is 0.0886. The molecule has 0 saturated heterocycles. The van der Waals surface area contributed by atoms with Crippen LogP contribution in [0.2, 0.25) is 0 Å². The van der Waals surface area contributed by atoms with Gasteiger partial charge in [-0.1, -0.05) is 12.8 Å². The Morgan fingerprint density at radius 3 is 2.30 bits per heavy atom. The van der Waals surface area contributed by atoms with Crippen LogP contribution in [0.15, 0.2) is 24.3 Å². The molecule has 1 aromatic rings. The zero-order valence-corrected chi connectivity index (χ0v) is 13.4. The topological polar surface area (TPSA) is 66.4 Å². The molecule has 1 saturated carbocycles. The van der Waals surface area contributed by atoms with Crippen molar-refractivity contribution in [3.63, 3.8) is 0 Å². The quantitative estimate of drug-likeness (QED) is 0.758. The average molecular weight is 387 g/mol. The van der Waals surface area contributed by atoms with Gasteiger partial charge in [0.15, 0.2) is 0 Å². The van der Waals surface area contributed by atoms with Crippen LogP contribution in [0.3, 0.4) is 0 Å². The number of anilines is 1. The van der Waals surface area contributed by atoms with Crippen molar-refractivity contribution in [2.45, 2.75) is 38.5 Å². The number of aliphatic carboxylic acids is 1. The maximum absolute atomic E-state index is 12.1. The molecule has 1 aliphatic carbocycles. The zero-order chi connectivity index (χ0) is 14.6. The number of hydrogen-bond acceptors (Lipinski definition) is 2. The molecule has 0 unspecified atom stereocenters. The molecule has 0 spiro atoms. The summed E-state index contributed by atoms with van der Waals surface area (Å²) in [7, 11) is 0. The van der Waals surface area contributed by atoms with Gasteiger partial charge >= 0.3 is 5.97 Å². The summed E-state index contributed by atoms with van der Waals surface area (Å²) in [5, 5.41) is 11.9. The SMILES string of the molecule is O=C(O)CC1(CC(=O)Nc2ccc(I)cc2)CCCC1. The van der Waals surface area contributed by atoms with E-state index in [2.05, 4.69) is 27.9 Å². The van der Waals surface area contributed by atoms with Gasteiger partial charge in [-0.2, -0.15) is 0 Å². The number of carboxylic acid groups (broad SMARTS) is 1.